The third kappa shape index (κ3) is 51.6. The van der Waals surface area contributed by atoms with Gasteiger partial charge in [0.2, 0.25) is 0 Å². The Kier molecular flexibility index (Phi) is 68.1. The first-order valence-corrected chi connectivity index (χ1v) is 26.9. The van der Waals surface area contributed by atoms with Crippen molar-refractivity contribution in [3.63, 3.8) is 0 Å². The summed E-state index contributed by atoms with van der Waals surface area (Å²) >= 11 is 19.1. The molecule has 13 nitrogen and oxygen atoms in total. The number of likely N-dealkylation sites (tertiary alicyclic amines) is 3. The Morgan fingerprint density at radius 2 is 0.871 bits per heavy atom. The van der Waals surface area contributed by atoms with Gasteiger partial charge in [0.1, 0.15) is 5.75 Å². The number of halogens is 4. The van der Waals surface area contributed by atoms with Crippen molar-refractivity contribution in [1.82, 2.24) is 14.7 Å². The summed E-state index contributed by atoms with van der Waals surface area (Å²) in [4.78, 5) is 48.5. The van der Waals surface area contributed by atoms with Crippen LogP contribution >= 0.6 is 50.5 Å². The van der Waals surface area contributed by atoms with E-state index in [-0.39, 0.29) is 66.8 Å². The van der Waals surface area contributed by atoms with Crippen LogP contribution in [0.4, 0.5) is 20.1 Å². The molecule has 0 atom stereocenters. The van der Waals surface area contributed by atoms with Crippen molar-refractivity contribution >= 4 is 73.8 Å². The standard InChI is InChI=1S/C12H14N2O4.C8H15NO2.C6H10ClNO.C6H12.C2H5O.4C2H6.CH4.Cl3OP.Na/c15-12(13-8-2-1-3-9-13)18-11-6-4-10(5-7-11)14(16)17;1-2-11-8(10)9-6-4-3-5-7-9;7-6(9)8-4-2-1-3-5-8;1-2-4-6-5-3-1;1-2-3;4*1-2;;1-5(2,3)4;/h4-7H,1-3,8-9H2;2-7H2,1H3;1-5H2;1-6H2;2H2,1H3;4*1-2H3;1H4;;/q;;;;-1;;;;;;;+1. The molecule has 0 aromatic heterocycles. The van der Waals surface area contributed by atoms with Crippen molar-refractivity contribution in [2.24, 2.45) is 0 Å². The Morgan fingerprint density at radius 3 is 1.11 bits per heavy atom. The fourth-order valence-corrected chi connectivity index (χ4v) is 5.47. The van der Waals surface area contributed by atoms with Crippen molar-refractivity contribution < 1.29 is 68.0 Å². The SMILES string of the molecule is C.C1CCCCC1.CC.CC.CC.CC.CCOC(=O)N1CCCCC1.CC[O-].O=C(Cl)N1CCCCC1.O=C(Oc1ccc([N+](=O)[O-])cc1)N1CCCCC1.O=P(Cl)(Cl)Cl.[Na+]. The van der Waals surface area contributed by atoms with Gasteiger partial charge in [-0.15, -0.1) is 6.61 Å². The molecule has 1 aliphatic carbocycles. The maximum atomic E-state index is 11.8. The molecule has 3 amide bonds. The molecular weight excluding hydrogens is 912 g/mol. The van der Waals surface area contributed by atoms with Crippen molar-refractivity contribution in [1.29, 1.82) is 0 Å². The number of nitro groups is 1. The van der Waals surface area contributed by atoms with Crippen molar-refractivity contribution in [3.8, 4) is 5.75 Å². The molecule has 0 N–H and O–H groups in total. The number of hydrogen-bond donors (Lipinski definition) is 0. The van der Waals surface area contributed by atoms with Crippen LogP contribution in [0.2, 0.25) is 0 Å². The second kappa shape index (κ2) is 56.1. The second-order valence-electron chi connectivity index (χ2n) is 12.0. The van der Waals surface area contributed by atoms with E-state index in [1.54, 1.807) is 21.6 Å². The third-order valence-corrected chi connectivity index (χ3v) is 8.09. The summed E-state index contributed by atoms with van der Waals surface area (Å²) in [5, 5.41) is 15.9. The Labute approximate surface area is 419 Å². The Hall–Kier alpha value is -1.02. The number of benzene rings is 1. The molecule has 5 rings (SSSR count). The molecule has 3 saturated heterocycles. The second-order valence-corrected chi connectivity index (χ2v) is 19.0. The summed E-state index contributed by atoms with van der Waals surface area (Å²) in [5.41, 5.74) is -0.0206. The van der Waals surface area contributed by atoms with Gasteiger partial charge in [0, 0.05) is 51.4 Å². The molecule has 4 fully saturated rings. The first-order chi connectivity index (χ1) is 28.7. The zero-order valence-electron chi connectivity index (χ0n) is 39.5. The van der Waals surface area contributed by atoms with Gasteiger partial charge < -0.3 is 29.3 Å². The minimum absolute atomic E-state index is 0. The largest absolute Gasteiger partial charge is 1.00 e. The first kappa shape index (κ1) is 75.3. The summed E-state index contributed by atoms with van der Waals surface area (Å²) in [7, 11) is 0. The van der Waals surface area contributed by atoms with Gasteiger partial charge in [-0.1, -0.05) is 108 Å². The molecule has 364 valence electrons. The molecule has 0 bridgehead atoms. The van der Waals surface area contributed by atoms with Crippen LogP contribution in [0, 0.1) is 10.1 Å². The van der Waals surface area contributed by atoms with Gasteiger partial charge in [-0.25, -0.2) is 9.59 Å². The maximum absolute atomic E-state index is 11.8. The summed E-state index contributed by atoms with van der Waals surface area (Å²) in [6.45, 7) is 24.8. The van der Waals surface area contributed by atoms with Crippen LogP contribution < -0.4 is 39.4 Å². The number of piperidine rings is 3. The van der Waals surface area contributed by atoms with E-state index in [0.29, 0.717) is 25.4 Å². The topological polar surface area (TPSA) is 163 Å². The monoisotopic (exact) mass is 994 g/mol. The fourth-order valence-electron chi connectivity index (χ4n) is 5.30. The van der Waals surface area contributed by atoms with Crippen molar-refractivity contribution in [3.05, 3.63) is 34.4 Å². The number of rotatable bonds is 3. The molecule has 1 saturated carbocycles. The fraction of sp³-hybridized carbons (Fsp3) is 0.791. The molecule has 62 heavy (non-hydrogen) atoms. The zero-order valence-corrected chi connectivity index (χ0v) is 45.4. The smallest absolute Gasteiger partial charge is 0.855 e. The number of carbonyl (C=O) groups is 3. The van der Waals surface area contributed by atoms with Gasteiger partial charge in [0.05, 0.1) is 11.5 Å². The summed E-state index contributed by atoms with van der Waals surface area (Å²) < 4.78 is 19.5. The number of amides is 3. The maximum Gasteiger partial charge on any atom is 1.00 e. The van der Waals surface area contributed by atoms with Gasteiger partial charge in [-0.3, -0.25) is 19.5 Å². The van der Waals surface area contributed by atoms with Crippen LogP contribution in [0.25, 0.3) is 0 Å². The average Bonchev–Trinajstić information content (AvgIpc) is 3.28. The molecule has 19 heteroatoms. The predicted octanol–water partition coefficient (Wildman–Crippen LogP) is 12.3. The molecular formula is C43H84Cl4N4NaO9P. The van der Waals surface area contributed by atoms with Crippen molar-refractivity contribution in [2.75, 3.05) is 52.5 Å². The predicted molar refractivity (Wildman–Crippen MR) is 259 cm³/mol. The van der Waals surface area contributed by atoms with E-state index in [1.165, 1.54) is 75.6 Å². The van der Waals surface area contributed by atoms with Gasteiger partial charge in [-0.2, -0.15) is 0 Å². The number of nitrogens with zero attached hydrogens (tertiary/aromatic N) is 4. The Balaban J connectivity index is -0.000000120. The molecule has 0 unspecified atom stereocenters. The van der Waals surface area contributed by atoms with E-state index in [9.17, 15) is 29.1 Å². The quantitative estimate of drug-likeness (QED) is 0.0716. The normalized spacial score (nSPS) is 14.5. The minimum Gasteiger partial charge on any atom is -0.855 e. The molecule has 3 heterocycles. The van der Waals surface area contributed by atoms with E-state index in [2.05, 4.69) is 33.7 Å². The van der Waals surface area contributed by atoms with Crippen LogP contribution in [0.3, 0.4) is 0 Å². The first-order valence-electron chi connectivity index (χ1n) is 22.1. The van der Waals surface area contributed by atoms with Gasteiger partial charge in [-0.05, 0) is 122 Å². The van der Waals surface area contributed by atoms with Crippen LogP contribution in [-0.2, 0) is 9.30 Å². The van der Waals surface area contributed by atoms with E-state index < -0.39 is 10.1 Å². The van der Waals surface area contributed by atoms with E-state index in [1.807, 2.05) is 62.3 Å². The van der Waals surface area contributed by atoms with E-state index in [4.69, 9.17) is 26.2 Å². The van der Waals surface area contributed by atoms with Crippen LogP contribution in [0.5, 0.6) is 5.75 Å². The average molecular weight is 997 g/mol. The number of nitro benzene ring substituents is 1. The summed E-state index contributed by atoms with van der Waals surface area (Å²) in [5.74, 6) is 0.330. The number of carbonyl (C=O) groups excluding carboxylic acids is 3. The van der Waals surface area contributed by atoms with Crippen molar-refractivity contribution in [2.45, 2.75) is 173 Å². The van der Waals surface area contributed by atoms with E-state index >= 15 is 0 Å². The molecule has 4 aliphatic rings. The number of non-ortho nitro benzene ring substituents is 1. The molecule has 0 spiro atoms. The molecule has 1 aromatic rings. The van der Waals surface area contributed by atoms with Crippen LogP contribution in [0.15, 0.2) is 24.3 Å². The number of hydrogen-bond acceptors (Lipinski definition) is 9. The van der Waals surface area contributed by atoms with Gasteiger partial charge in [0.15, 0.2) is 0 Å². The Bertz CT molecular complexity index is 1150. The summed E-state index contributed by atoms with van der Waals surface area (Å²) in [6, 6.07) is 5.50. The number of ether oxygens (including phenoxy) is 2. The van der Waals surface area contributed by atoms with Crippen LogP contribution in [0.1, 0.15) is 173 Å². The third-order valence-electron chi connectivity index (χ3n) is 7.85. The summed E-state index contributed by atoms with van der Waals surface area (Å²) in [6.07, 6.45) is 18.5. The molecule has 0 radical (unpaired) electrons. The zero-order chi connectivity index (χ0) is 47.2. The molecule has 1 aromatic carbocycles. The van der Waals surface area contributed by atoms with Gasteiger partial charge >= 0.3 is 52.3 Å². The van der Waals surface area contributed by atoms with Gasteiger partial charge in [0.25, 0.3) is 5.69 Å². The van der Waals surface area contributed by atoms with E-state index in [0.717, 1.165) is 71.1 Å². The molecule has 3 aliphatic heterocycles. The van der Waals surface area contributed by atoms with Crippen LogP contribution in [-0.4, -0.2) is 89.7 Å². The Morgan fingerprint density at radius 1 is 0.613 bits per heavy atom. The minimum atomic E-state index is -3.22.